The number of aromatic nitrogens is 1. The van der Waals surface area contributed by atoms with Crippen molar-refractivity contribution in [2.45, 2.75) is 13.2 Å². The molecule has 3 aromatic rings. The van der Waals surface area contributed by atoms with Crippen LogP contribution < -0.4 is 15.4 Å². The van der Waals surface area contributed by atoms with Crippen LogP contribution in [0.5, 0.6) is 5.75 Å². The van der Waals surface area contributed by atoms with Gasteiger partial charge in [-0.1, -0.05) is 18.2 Å². The first-order chi connectivity index (χ1) is 15.5. The predicted octanol–water partition coefficient (Wildman–Crippen LogP) is 3.68. The van der Waals surface area contributed by atoms with Gasteiger partial charge in [0.1, 0.15) is 18.0 Å². The number of methoxy groups -OCH3 is 1. The zero-order valence-electron chi connectivity index (χ0n) is 17.1. The van der Waals surface area contributed by atoms with Crippen molar-refractivity contribution in [3.8, 4) is 5.75 Å². The maximum absolute atomic E-state index is 12.5. The minimum absolute atomic E-state index is 0.0291. The van der Waals surface area contributed by atoms with E-state index < -0.39 is 16.9 Å². The smallest absolute Gasteiger partial charge is 0.407 e. The van der Waals surface area contributed by atoms with Crippen molar-refractivity contribution in [1.29, 1.82) is 0 Å². The molecule has 0 saturated heterocycles. The molecule has 10 heteroatoms. The predicted molar refractivity (Wildman–Crippen MR) is 115 cm³/mol. The van der Waals surface area contributed by atoms with Crippen molar-refractivity contribution in [1.82, 2.24) is 10.3 Å². The van der Waals surface area contributed by atoms with Crippen molar-refractivity contribution in [3.05, 3.63) is 93.8 Å². The van der Waals surface area contributed by atoms with Crippen LogP contribution in [0.25, 0.3) is 0 Å². The molecule has 0 aliphatic carbocycles. The molecule has 3 rings (SSSR count). The topological polar surface area (TPSA) is 133 Å². The number of hydrogen-bond donors (Lipinski definition) is 2. The lowest BCUT2D eigenvalue weighted by molar-refractivity contribution is -0.383. The van der Waals surface area contributed by atoms with Crippen LogP contribution in [0.2, 0.25) is 0 Å². The first-order valence-corrected chi connectivity index (χ1v) is 9.48. The van der Waals surface area contributed by atoms with Gasteiger partial charge in [-0.05, 0) is 29.8 Å². The third-order valence-electron chi connectivity index (χ3n) is 4.39. The molecule has 0 atom stereocenters. The summed E-state index contributed by atoms with van der Waals surface area (Å²) in [5, 5.41) is 16.4. The van der Waals surface area contributed by atoms with Crippen LogP contribution in [0.3, 0.4) is 0 Å². The van der Waals surface area contributed by atoms with Crippen LogP contribution in [0.1, 0.15) is 21.5 Å². The molecule has 0 radical (unpaired) electrons. The van der Waals surface area contributed by atoms with Crippen LogP contribution in [-0.2, 0) is 17.9 Å². The average Bonchev–Trinajstić information content (AvgIpc) is 2.82. The zero-order valence-corrected chi connectivity index (χ0v) is 17.1. The fraction of sp³-hybridized carbons (Fsp3) is 0.136. The SMILES string of the molecule is COc1ccc([N+](=O)[O-])c(NC(=O)c2ccc(CNC(=O)OCc3cccnc3)cc2)c1. The van der Waals surface area contributed by atoms with Gasteiger partial charge in [-0.25, -0.2) is 4.79 Å². The molecule has 2 aromatic carbocycles. The Labute approximate surface area is 183 Å². The largest absolute Gasteiger partial charge is 0.497 e. The van der Waals surface area contributed by atoms with E-state index in [4.69, 9.17) is 9.47 Å². The van der Waals surface area contributed by atoms with Crippen LogP contribution in [0.15, 0.2) is 67.0 Å². The molecule has 164 valence electrons. The van der Waals surface area contributed by atoms with E-state index in [1.165, 1.54) is 25.3 Å². The molecule has 2 amide bonds. The van der Waals surface area contributed by atoms with Gasteiger partial charge in [0.15, 0.2) is 0 Å². The number of nitro groups is 1. The summed E-state index contributed by atoms with van der Waals surface area (Å²) < 4.78 is 10.2. The Morgan fingerprint density at radius 3 is 2.53 bits per heavy atom. The lowest BCUT2D eigenvalue weighted by atomic mass is 10.1. The van der Waals surface area contributed by atoms with Gasteiger partial charge in [0.2, 0.25) is 0 Å². The van der Waals surface area contributed by atoms with Gasteiger partial charge < -0.3 is 20.1 Å². The van der Waals surface area contributed by atoms with Gasteiger partial charge >= 0.3 is 6.09 Å². The molecule has 0 aliphatic rings. The second kappa shape index (κ2) is 10.5. The lowest BCUT2D eigenvalue weighted by Crippen LogP contribution is -2.23. The molecular weight excluding hydrogens is 416 g/mol. The minimum Gasteiger partial charge on any atom is -0.497 e. The Hall–Kier alpha value is -4.47. The van der Waals surface area contributed by atoms with Gasteiger partial charge in [-0.15, -0.1) is 0 Å². The Morgan fingerprint density at radius 2 is 1.88 bits per heavy atom. The van der Waals surface area contributed by atoms with E-state index in [0.29, 0.717) is 11.3 Å². The van der Waals surface area contributed by atoms with Gasteiger partial charge in [-0.3, -0.25) is 19.9 Å². The normalized spacial score (nSPS) is 10.2. The van der Waals surface area contributed by atoms with Crippen molar-refractivity contribution in [2.75, 3.05) is 12.4 Å². The van der Waals surface area contributed by atoms with E-state index >= 15 is 0 Å². The highest BCUT2D eigenvalue weighted by Crippen LogP contribution is 2.29. The molecule has 0 fully saturated rings. The van der Waals surface area contributed by atoms with Gasteiger partial charge in [-0.2, -0.15) is 0 Å². The highest BCUT2D eigenvalue weighted by molar-refractivity contribution is 6.05. The number of nitro benzene ring substituents is 1. The Bertz CT molecular complexity index is 1100. The molecule has 32 heavy (non-hydrogen) atoms. The third-order valence-corrected chi connectivity index (χ3v) is 4.39. The molecule has 0 unspecified atom stereocenters. The van der Waals surface area contributed by atoms with E-state index in [-0.39, 0.29) is 24.5 Å². The number of ether oxygens (including phenoxy) is 2. The summed E-state index contributed by atoms with van der Waals surface area (Å²) in [5.74, 6) is -0.139. The van der Waals surface area contributed by atoms with Gasteiger partial charge in [0.05, 0.1) is 12.0 Å². The second-order valence-electron chi connectivity index (χ2n) is 6.58. The second-order valence-corrected chi connectivity index (χ2v) is 6.58. The fourth-order valence-electron chi connectivity index (χ4n) is 2.73. The summed E-state index contributed by atoms with van der Waals surface area (Å²) in [5.41, 5.74) is 1.60. The summed E-state index contributed by atoms with van der Waals surface area (Å²) in [7, 11) is 1.42. The first-order valence-electron chi connectivity index (χ1n) is 9.48. The standard InChI is InChI=1S/C22H20N4O6/c1-31-18-8-9-20(26(29)30)19(11-18)25-21(27)17-6-4-15(5-7-17)13-24-22(28)32-14-16-3-2-10-23-12-16/h2-12H,13-14H2,1H3,(H,24,28)(H,25,27). The van der Waals surface area contributed by atoms with Gasteiger partial charge in [0, 0.05) is 42.2 Å². The van der Waals surface area contributed by atoms with E-state index in [1.807, 2.05) is 0 Å². The summed E-state index contributed by atoms with van der Waals surface area (Å²) >= 11 is 0. The molecule has 0 spiro atoms. The molecular formula is C22H20N4O6. The van der Waals surface area contributed by atoms with Gasteiger partial charge in [0.25, 0.3) is 11.6 Å². The molecule has 0 saturated carbocycles. The maximum Gasteiger partial charge on any atom is 0.407 e. The minimum atomic E-state index is -0.586. The number of benzene rings is 2. The number of nitrogens with zero attached hydrogens (tertiary/aromatic N) is 2. The van der Waals surface area contributed by atoms with Crippen LogP contribution >= 0.6 is 0 Å². The first kappa shape index (κ1) is 22.2. The zero-order chi connectivity index (χ0) is 22.9. The van der Waals surface area contributed by atoms with Crippen molar-refractivity contribution < 1.29 is 24.0 Å². The van der Waals surface area contributed by atoms with Crippen LogP contribution in [-0.4, -0.2) is 29.0 Å². The van der Waals surface area contributed by atoms with E-state index in [9.17, 15) is 19.7 Å². The number of rotatable bonds is 8. The maximum atomic E-state index is 12.5. The highest BCUT2D eigenvalue weighted by Gasteiger charge is 2.17. The van der Waals surface area contributed by atoms with Crippen molar-refractivity contribution >= 4 is 23.4 Å². The fourth-order valence-corrected chi connectivity index (χ4v) is 2.73. The molecule has 2 N–H and O–H groups in total. The quantitative estimate of drug-likeness (QED) is 0.406. The monoisotopic (exact) mass is 436 g/mol. The van der Waals surface area contributed by atoms with Crippen LogP contribution in [0, 0.1) is 10.1 Å². The van der Waals surface area contributed by atoms with Crippen molar-refractivity contribution in [2.24, 2.45) is 0 Å². The molecule has 0 aliphatic heterocycles. The number of anilines is 1. The molecule has 1 heterocycles. The molecule has 10 nitrogen and oxygen atoms in total. The number of nitrogens with one attached hydrogen (secondary N) is 2. The summed E-state index contributed by atoms with van der Waals surface area (Å²) in [6, 6.07) is 14.1. The number of amides is 2. The Morgan fingerprint density at radius 1 is 1.09 bits per heavy atom. The Balaban J connectivity index is 1.55. The highest BCUT2D eigenvalue weighted by atomic mass is 16.6. The molecule has 0 bridgehead atoms. The average molecular weight is 436 g/mol. The number of carbonyl (C=O) groups excluding carboxylic acids is 2. The summed E-state index contributed by atoms with van der Waals surface area (Å²) in [6.07, 6.45) is 2.66. The number of alkyl carbamates (subject to hydrolysis) is 1. The Kier molecular flexibility index (Phi) is 7.31. The lowest BCUT2D eigenvalue weighted by Gasteiger charge is -2.09. The third kappa shape index (κ3) is 6.02. The summed E-state index contributed by atoms with van der Waals surface area (Å²) in [4.78, 5) is 38.9. The number of carbonyl (C=O) groups is 2. The van der Waals surface area contributed by atoms with Crippen molar-refractivity contribution in [3.63, 3.8) is 0 Å². The summed E-state index contributed by atoms with van der Waals surface area (Å²) in [6.45, 7) is 0.310. The number of hydrogen-bond acceptors (Lipinski definition) is 7. The van der Waals surface area contributed by atoms with E-state index in [2.05, 4.69) is 15.6 Å². The molecule has 1 aromatic heterocycles. The van der Waals surface area contributed by atoms with E-state index in [1.54, 1.807) is 48.8 Å². The van der Waals surface area contributed by atoms with Crippen LogP contribution in [0.4, 0.5) is 16.2 Å². The van der Waals surface area contributed by atoms with E-state index in [0.717, 1.165) is 11.1 Å². The number of pyridine rings is 1.